The molecule has 0 aromatic carbocycles. The van der Waals surface area contributed by atoms with E-state index in [2.05, 4.69) is 4.98 Å². The Kier molecular flexibility index (Phi) is 3.95. The van der Waals surface area contributed by atoms with Gasteiger partial charge in [0.15, 0.2) is 11.5 Å². The van der Waals surface area contributed by atoms with E-state index in [9.17, 15) is 27.9 Å². The topological polar surface area (TPSA) is 72.2 Å². The summed E-state index contributed by atoms with van der Waals surface area (Å²) in [5.41, 5.74) is -2.93. The van der Waals surface area contributed by atoms with E-state index in [4.69, 9.17) is 0 Å². The van der Waals surface area contributed by atoms with E-state index >= 15 is 0 Å². The van der Waals surface area contributed by atoms with Crippen molar-refractivity contribution in [3.63, 3.8) is 0 Å². The molecule has 2 rings (SSSR count). The van der Waals surface area contributed by atoms with E-state index in [0.29, 0.717) is 6.42 Å². The summed E-state index contributed by atoms with van der Waals surface area (Å²) in [5, 5.41) is 9.48. The van der Waals surface area contributed by atoms with Crippen LogP contribution in [0.2, 0.25) is 0 Å². The fourth-order valence-corrected chi connectivity index (χ4v) is 2.29. The smallest absolute Gasteiger partial charge is 0.434 e. The number of nitrogens with zero attached hydrogens (tertiary/aromatic N) is 2. The van der Waals surface area contributed by atoms with Crippen LogP contribution in [0, 0.1) is 0 Å². The molecular formula is C14H13F3N2O3. The highest BCUT2D eigenvalue weighted by Gasteiger charge is 2.37. The van der Waals surface area contributed by atoms with Crippen molar-refractivity contribution in [2.24, 2.45) is 7.05 Å². The third-order valence-electron chi connectivity index (χ3n) is 3.31. The van der Waals surface area contributed by atoms with Crippen LogP contribution in [0.15, 0.2) is 17.1 Å². The summed E-state index contributed by atoms with van der Waals surface area (Å²) in [6, 6.07) is 1.18. The van der Waals surface area contributed by atoms with Crippen LogP contribution in [0.3, 0.4) is 0 Å². The quantitative estimate of drug-likeness (QED) is 0.884. The summed E-state index contributed by atoms with van der Waals surface area (Å²) in [6.45, 7) is 1.68. The number of alkyl halides is 3. The molecule has 2 aromatic rings. The van der Waals surface area contributed by atoms with Gasteiger partial charge in [0.05, 0.1) is 10.9 Å². The minimum Gasteiger partial charge on any atom is -0.506 e. The van der Waals surface area contributed by atoms with Gasteiger partial charge in [-0.25, -0.2) is 0 Å². The second-order valence-corrected chi connectivity index (χ2v) is 4.81. The van der Waals surface area contributed by atoms with Crippen LogP contribution in [0.5, 0.6) is 5.75 Å². The van der Waals surface area contributed by atoms with Gasteiger partial charge in [-0.1, -0.05) is 6.92 Å². The Hall–Kier alpha value is -2.38. The third-order valence-corrected chi connectivity index (χ3v) is 3.31. The standard InChI is InChI=1S/C14H13F3N2O3/c1-3-4-8(20)10-11(21)9-7(19(2)13(10)22)5-6-18-12(9)14(15,16)17/h5-6,21H,3-4H2,1-2H3. The van der Waals surface area contributed by atoms with Crippen molar-refractivity contribution in [2.45, 2.75) is 25.9 Å². The molecule has 2 heterocycles. The van der Waals surface area contributed by atoms with Crippen molar-refractivity contribution in [3.8, 4) is 5.75 Å². The molecule has 0 spiro atoms. The van der Waals surface area contributed by atoms with Crippen molar-refractivity contribution in [1.82, 2.24) is 9.55 Å². The number of aromatic nitrogens is 2. The van der Waals surface area contributed by atoms with Gasteiger partial charge in [0.25, 0.3) is 5.56 Å². The first-order valence-electron chi connectivity index (χ1n) is 6.51. The normalized spacial score (nSPS) is 11.9. The van der Waals surface area contributed by atoms with Gasteiger partial charge in [-0.2, -0.15) is 13.2 Å². The zero-order chi connectivity index (χ0) is 16.7. The SMILES string of the molecule is CCCC(=O)c1c(O)c2c(C(F)(F)F)nccc2n(C)c1=O. The summed E-state index contributed by atoms with van der Waals surface area (Å²) >= 11 is 0. The van der Waals surface area contributed by atoms with Crippen LogP contribution in [0.4, 0.5) is 13.2 Å². The summed E-state index contributed by atoms with van der Waals surface area (Å²) in [5.74, 6) is -1.66. The second-order valence-electron chi connectivity index (χ2n) is 4.81. The molecule has 118 valence electrons. The van der Waals surface area contributed by atoms with Crippen LogP contribution < -0.4 is 5.56 Å². The number of aryl methyl sites for hydroxylation is 1. The van der Waals surface area contributed by atoms with E-state index in [1.807, 2.05) is 0 Å². The molecule has 2 aromatic heterocycles. The lowest BCUT2D eigenvalue weighted by molar-refractivity contribution is -0.139. The summed E-state index contributed by atoms with van der Waals surface area (Å²) in [6.07, 6.45) is -3.56. The molecule has 0 radical (unpaired) electrons. The number of aromatic hydroxyl groups is 1. The largest absolute Gasteiger partial charge is 0.506 e. The Labute approximate surface area is 123 Å². The van der Waals surface area contributed by atoms with Crippen molar-refractivity contribution >= 4 is 16.7 Å². The number of fused-ring (bicyclic) bond motifs is 1. The Morgan fingerprint density at radius 1 is 1.41 bits per heavy atom. The van der Waals surface area contributed by atoms with Gasteiger partial charge in [0, 0.05) is 19.7 Å². The first-order chi connectivity index (χ1) is 10.2. The van der Waals surface area contributed by atoms with Gasteiger partial charge in [-0.3, -0.25) is 14.6 Å². The molecule has 0 aliphatic heterocycles. The van der Waals surface area contributed by atoms with Crippen molar-refractivity contribution in [1.29, 1.82) is 0 Å². The molecule has 0 atom stereocenters. The zero-order valence-electron chi connectivity index (χ0n) is 11.9. The molecule has 0 saturated carbocycles. The number of pyridine rings is 2. The average molecular weight is 314 g/mol. The van der Waals surface area contributed by atoms with Crippen LogP contribution in [0.25, 0.3) is 10.9 Å². The summed E-state index contributed by atoms with van der Waals surface area (Å²) in [4.78, 5) is 27.4. The molecule has 0 bridgehead atoms. The Bertz CT molecular complexity index is 810. The maximum Gasteiger partial charge on any atom is 0.434 e. The van der Waals surface area contributed by atoms with E-state index in [1.165, 1.54) is 13.1 Å². The number of Topliss-reactive ketones (excluding diaryl/α,β-unsaturated/α-hetero) is 1. The fourth-order valence-electron chi connectivity index (χ4n) is 2.29. The van der Waals surface area contributed by atoms with Crippen molar-refractivity contribution in [2.75, 3.05) is 0 Å². The predicted molar refractivity (Wildman–Crippen MR) is 72.9 cm³/mol. The maximum atomic E-state index is 13.1. The number of carbonyl (C=O) groups excluding carboxylic acids is 1. The zero-order valence-corrected chi connectivity index (χ0v) is 11.9. The van der Waals surface area contributed by atoms with E-state index < -0.39 is 39.9 Å². The van der Waals surface area contributed by atoms with Gasteiger partial charge >= 0.3 is 6.18 Å². The molecule has 0 aliphatic carbocycles. The summed E-state index contributed by atoms with van der Waals surface area (Å²) in [7, 11) is 1.24. The van der Waals surface area contributed by atoms with E-state index in [-0.39, 0.29) is 11.9 Å². The minimum atomic E-state index is -4.82. The van der Waals surface area contributed by atoms with Gasteiger partial charge in [0.1, 0.15) is 11.3 Å². The first-order valence-corrected chi connectivity index (χ1v) is 6.51. The lowest BCUT2D eigenvalue weighted by atomic mass is 10.0. The molecule has 0 saturated heterocycles. The highest BCUT2D eigenvalue weighted by molar-refractivity contribution is 6.04. The highest BCUT2D eigenvalue weighted by atomic mass is 19.4. The molecule has 22 heavy (non-hydrogen) atoms. The molecule has 1 N–H and O–H groups in total. The molecule has 0 aliphatic rings. The van der Waals surface area contributed by atoms with Gasteiger partial charge in [-0.05, 0) is 12.5 Å². The molecule has 5 nitrogen and oxygen atoms in total. The molecule has 0 amide bonds. The second kappa shape index (κ2) is 5.43. The van der Waals surface area contributed by atoms with Crippen LogP contribution in [0.1, 0.15) is 35.8 Å². The van der Waals surface area contributed by atoms with Crippen LogP contribution >= 0.6 is 0 Å². The maximum absolute atomic E-state index is 13.1. The molecule has 0 fully saturated rings. The number of carbonyl (C=O) groups is 1. The summed E-state index contributed by atoms with van der Waals surface area (Å²) < 4.78 is 40.1. The van der Waals surface area contributed by atoms with Gasteiger partial charge in [0.2, 0.25) is 0 Å². The average Bonchev–Trinajstić information content (AvgIpc) is 2.43. The van der Waals surface area contributed by atoms with Crippen molar-refractivity contribution < 1.29 is 23.1 Å². The van der Waals surface area contributed by atoms with Crippen LogP contribution in [-0.4, -0.2) is 20.4 Å². The Balaban J connectivity index is 2.97. The van der Waals surface area contributed by atoms with E-state index in [0.717, 1.165) is 10.8 Å². The van der Waals surface area contributed by atoms with E-state index in [1.54, 1.807) is 6.92 Å². The number of hydrogen-bond acceptors (Lipinski definition) is 4. The monoisotopic (exact) mass is 314 g/mol. The number of rotatable bonds is 3. The fraction of sp³-hybridized carbons (Fsp3) is 0.357. The third kappa shape index (κ3) is 2.44. The minimum absolute atomic E-state index is 0.0457. The van der Waals surface area contributed by atoms with Crippen LogP contribution in [-0.2, 0) is 13.2 Å². The first kappa shape index (κ1) is 16.0. The van der Waals surface area contributed by atoms with Gasteiger partial charge in [-0.15, -0.1) is 0 Å². The highest BCUT2D eigenvalue weighted by Crippen LogP contribution is 2.37. The van der Waals surface area contributed by atoms with Gasteiger partial charge < -0.3 is 9.67 Å². The Morgan fingerprint density at radius 3 is 2.59 bits per heavy atom. The predicted octanol–water partition coefficient (Wildman–Crippen LogP) is 2.64. The molecule has 0 unspecified atom stereocenters. The number of hydrogen-bond donors (Lipinski definition) is 1. The lowest BCUT2D eigenvalue weighted by Gasteiger charge is -2.15. The lowest BCUT2D eigenvalue weighted by Crippen LogP contribution is -2.26. The van der Waals surface area contributed by atoms with Crippen molar-refractivity contribution in [3.05, 3.63) is 33.9 Å². The number of ketones is 1. The molecule has 8 heteroatoms. The number of halogens is 3. The Morgan fingerprint density at radius 2 is 2.05 bits per heavy atom. The molecular weight excluding hydrogens is 301 g/mol.